The van der Waals surface area contributed by atoms with Gasteiger partial charge < -0.3 is 19.1 Å². The van der Waals surface area contributed by atoms with Crippen LogP contribution in [-0.4, -0.2) is 27.2 Å². The highest BCUT2D eigenvalue weighted by Crippen LogP contribution is 2.24. The second kappa shape index (κ2) is 8.84. The van der Waals surface area contributed by atoms with Gasteiger partial charge in [-0.15, -0.1) is 0 Å². The Balaban J connectivity index is 1.46. The molecule has 0 spiro atoms. The van der Waals surface area contributed by atoms with Crippen LogP contribution in [0.3, 0.4) is 0 Å². The number of carbonyl (C=O) groups is 1. The van der Waals surface area contributed by atoms with Gasteiger partial charge in [0, 0.05) is 22.5 Å². The Bertz CT molecular complexity index is 1150. The van der Waals surface area contributed by atoms with Crippen molar-refractivity contribution in [3.63, 3.8) is 0 Å². The van der Waals surface area contributed by atoms with E-state index in [1.807, 2.05) is 43.3 Å². The van der Waals surface area contributed by atoms with Gasteiger partial charge in [0.15, 0.2) is 0 Å². The first kappa shape index (κ1) is 19.7. The number of halogens is 1. The number of aromatic nitrogens is 3. The van der Waals surface area contributed by atoms with Crippen molar-refractivity contribution in [1.82, 2.24) is 14.7 Å². The fraction of sp³-hybridized carbons (Fsp3) is 0.136. The van der Waals surface area contributed by atoms with E-state index in [2.05, 4.69) is 15.5 Å². The van der Waals surface area contributed by atoms with Gasteiger partial charge in [-0.05, 0) is 55.5 Å². The number of nitrogens with one attached hydrogen (secondary N) is 1. The molecule has 2 aromatic carbocycles. The molecule has 4 aromatic rings. The molecule has 2 heterocycles. The molecule has 152 valence electrons. The van der Waals surface area contributed by atoms with Crippen LogP contribution in [0.2, 0.25) is 5.02 Å². The van der Waals surface area contributed by atoms with Crippen LogP contribution in [0.25, 0.3) is 23.0 Å². The highest BCUT2D eigenvalue weighted by molar-refractivity contribution is 6.30. The van der Waals surface area contributed by atoms with Gasteiger partial charge in [0.05, 0.1) is 6.61 Å². The summed E-state index contributed by atoms with van der Waals surface area (Å²) in [5.74, 6) is 1.34. The van der Waals surface area contributed by atoms with Crippen LogP contribution in [0.5, 0.6) is 5.75 Å². The maximum absolute atomic E-state index is 12.5. The predicted octanol–water partition coefficient (Wildman–Crippen LogP) is 4.90. The fourth-order valence-electron chi connectivity index (χ4n) is 2.97. The van der Waals surface area contributed by atoms with Crippen molar-refractivity contribution in [2.45, 2.75) is 13.5 Å². The summed E-state index contributed by atoms with van der Waals surface area (Å²) in [5.41, 5.74) is 2.10. The molecule has 0 saturated heterocycles. The highest BCUT2D eigenvalue weighted by Gasteiger charge is 2.16. The van der Waals surface area contributed by atoms with Crippen molar-refractivity contribution in [3.8, 4) is 28.7 Å². The lowest BCUT2D eigenvalue weighted by Gasteiger charge is -2.09. The first-order valence-electron chi connectivity index (χ1n) is 9.40. The third-order valence-corrected chi connectivity index (χ3v) is 4.56. The van der Waals surface area contributed by atoms with E-state index in [0.29, 0.717) is 34.7 Å². The minimum Gasteiger partial charge on any atom is -0.494 e. The van der Waals surface area contributed by atoms with Crippen molar-refractivity contribution < 1.29 is 14.1 Å². The van der Waals surface area contributed by atoms with E-state index in [9.17, 15) is 4.79 Å². The number of anilines is 1. The Morgan fingerprint density at radius 3 is 2.77 bits per heavy atom. The van der Waals surface area contributed by atoms with Gasteiger partial charge in [0.2, 0.25) is 11.7 Å². The summed E-state index contributed by atoms with van der Waals surface area (Å²) in [5, 5.41) is 7.48. The number of nitrogens with zero attached hydrogens (tertiary/aromatic N) is 3. The zero-order valence-corrected chi connectivity index (χ0v) is 17.0. The molecule has 30 heavy (non-hydrogen) atoms. The maximum atomic E-state index is 12.5. The maximum Gasteiger partial charge on any atom is 0.274 e. The first-order valence-corrected chi connectivity index (χ1v) is 9.78. The molecule has 0 atom stereocenters. The third kappa shape index (κ3) is 4.52. The summed E-state index contributed by atoms with van der Waals surface area (Å²) in [7, 11) is 0. The van der Waals surface area contributed by atoms with Crippen molar-refractivity contribution in [3.05, 3.63) is 71.9 Å². The van der Waals surface area contributed by atoms with Crippen molar-refractivity contribution in [1.29, 1.82) is 0 Å². The largest absolute Gasteiger partial charge is 0.494 e. The van der Waals surface area contributed by atoms with E-state index < -0.39 is 0 Å². The Kier molecular flexibility index (Phi) is 5.81. The Morgan fingerprint density at radius 2 is 2.00 bits per heavy atom. The van der Waals surface area contributed by atoms with Gasteiger partial charge in [-0.3, -0.25) is 4.79 Å². The molecule has 4 rings (SSSR count). The number of hydrogen-bond donors (Lipinski definition) is 1. The predicted molar refractivity (Wildman–Crippen MR) is 114 cm³/mol. The molecular formula is C22H19ClN4O3. The first-order chi connectivity index (χ1) is 14.6. The van der Waals surface area contributed by atoms with Crippen LogP contribution in [0.1, 0.15) is 6.92 Å². The molecule has 1 amide bonds. The standard InChI is InChI=1S/C22H19ClN4O3/c1-2-29-18-10-8-17(9-11-18)24-20(28)14-27-12-4-7-19(27)22-25-21(26-30-22)15-5-3-6-16(23)13-15/h3-13H,2,14H2,1H3,(H,24,28). The molecule has 0 aliphatic carbocycles. The molecule has 0 aliphatic heterocycles. The Hall–Kier alpha value is -3.58. The molecule has 7 nitrogen and oxygen atoms in total. The molecule has 0 aliphatic rings. The monoisotopic (exact) mass is 422 g/mol. The van der Waals surface area contributed by atoms with E-state index in [4.69, 9.17) is 20.9 Å². The summed E-state index contributed by atoms with van der Waals surface area (Å²) in [6, 6.07) is 18.1. The SMILES string of the molecule is CCOc1ccc(NC(=O)Cn2cccc2-c2nc(-c3cccc(Cl)c3)no2)cc1. The lowest BCUT2D eigenvalue weighted by Crippen LogP contribution is -2.18. The second-order valence-corrected chi connectivity index (χ2v) is 6.90. The minimum atomic E-state index is -0.175. The molecule has 2 aromatic heterocycles. The van der Waals surface area contributed by atoms with Gasteiger partial charge in [0.1, 0.15) is 18.0 Å². The van der Waals surface area contributed by atoms with Crippen molar-refractivity contribution >= 4 is 23.2 Å². The molecule has 0 radical (unpaired) electrons. The van der Waals surface area contributed by atoms with Crippen LogP contribution in [-0.2, 0) is 11.3 Å². The normalized spacial score (nSPS) is 10.7. The number of amides is 1. The molecule has 0 saturated carbocycles. The molecular weight excluding hydrogens is 404 g/mol. The van der Waals surface area contributed by atoms with Gasteiger partial charge in [0.25, 0.3) is 5.89 Å². The van der Waals surface area contributed by atoms with Crippen LogP contribution in [0.15, 0.2) is 71.4 Å². The molecule has 8 heteroatoms. The average molecular weight is 423 g/mol. The van der Waals surface area contributed by atoms with Gasteiger partial charge in [-0.2, -0.15) is 4.98 Å². The summed E-state index contributed by atoms with van der Waals surface area (Å²) in [4.78, 5) is 16.9. The van der Waals surface area contributed by atoms with E-state index in [-0.39, 0.29) is 12.5 Å². The lowest BCUT2D eigenvalue weighted by atomic mass is 10.2. The van der Waals surface area contributed by atoms with Crippen LogP contribution in [0.4, 0.5) is 5.69 Å². The van der Waals surface area contributed by atoms with Crippen LogP contribution < -0.4 is 10.1 Å². The number of ether oxygens (including phenoxy) is 1. The van der Waals surface area contributed by atoms with Gasteiger partial charge in [-0.1, -0.05) is 28.9 Å². The van der Waals surface area contributed by atoms with Gasteiger partial charge >= 0.3 is 0 Å². The highest BCUT2D eigenvalue weighted by atomic mass is 35.5. The summed E-state index contributed by atoms with van der Waals surface area (Å²) >= 11 is 6.03. The van der Waals surface area contributed by atoms with Crippen molar-refractivity contribution in [2.75, 3.05) is 11.9 Å². The Labute approximate surface area is 178 Å². The molecule has 0 bridgehead atoms. The number of hydrogen-bond acceptors (Lipinski definition) is 5. The van der Waals surface area contributed by atoms with E-state index >= 15 is 0 Å². The van der Waals surface area contributed by atoms with E-state index in [1.165, 1.54) is 0 Å². The number of carbonyl (C=O) groups excluding carboxylic acids is 1. The average Bonchev–Trinajstić information content (AvgIpc) is 3.39. The molecule has 1 N–H and O–H groups in total. The minimum absolute atomic E-state index is 0.102. The summed E-state index contributed by atoms with van der Waals surface area (Å²) in [6.07, 6.45) is 1.79. The number of rotatable bonds is 7. The quantitative estimate of drug-likeness (QED) is 0.458. The van der Waals surface area contributed by atoms with Crippen LogP contribution in [0, 0.1) is 0 Å². The summed E-state index contributed by atoms with van der Waals surface area (Å²) < 4.78 is 12.6. The number of benzene rings is 2. The topological polar surface area (TPSA) is 82.2 Å². The van der Waals surface area contributed by atoms with Gasteiger partial charge in [-0.25, -0.2) is 0 Å². The lowest BCUT2D eigenvalue weighted by molar-refractivity contribution is -0.116. The van der Waals surface area contributed by atoms with Crippen molar-refractivity contribution in [2.24, 2.45) is 0 Å². The Morgan fingerprint density at radius 1 is 1.17 bits per heavy atom. The second-order valence-electron chi connectivity index (χ2n) is 6.46. The smallest absolute Gasteiger partial charge is 0.274 e. The fourth-order valence-corrected chi connectivity index (χ4v) is 3.17. The van der Waals surface area contributed by atoms with E-state index in [0.717, 1.165) is 11.3 Å². The zero-order valence-electron chi connectivity index (χ0n) is 16.2. The van der Waals surface area contributed by atoms with Crippen LogP contribution >= 0.6 is 11.6 Å². The third-order valence-electron chi connectivity index (χ3n) is 4.32. The summed E-state index contributed by atoms with van der Waals surface area (Å²) in [6.45, 7) is 2.62. The van der Waals surface area contributed by atoms with E-state index in [1.54, 1.807) is 35.0 Å². The molecule has 0 unspecified atom stereocenters. The molecule has 0 fully saturated rings. The zero-order chi connectivity index (χ0) is 20.9.